The molecule has 0 radical (unpaired) electrons. The van der Waals surface area contributed by atoms with Gasteiger partial charge < -0.3 is 23.4 Å². The summed E-state index contributed by atoms with van der Waals surface area (Å²) in [5.41, 5.74) is 3.97. The zero-order valence-electron chi connectivity index (χ0n) is 33.4. The van der Waals surface area contributed by atoms with Crippen molar-refractivity contribution in [3.8, 4) is 0 Å². The summed E-state index contributed by atoms with van der Waals surface area (Å²) < 4.78 is 22.8. The Bertz CT molecular complexity index is 1190. The zero-order chi connectivity index (χ0) is 37.1. The van der Waals surface area contributed by atoms with Crippen molar-refractivity contribution >= 4 is 11.9 Å². The molecule has 0 aromatic carbocycles. The molecule has 2 aromatic heterocycles. The molecule has 0 aliphatic heterocycles. The minimum atomic E-state index is -0.793. The summed E-state index contributed by atoms with van der Waals surface area (Å²) in [4.78, 5) is 24.4. The SMILES string of the molecule is CCCCCc1cc(C)c(CCCCCCCCCCC(=O)O[C@@H](CO)COC(=O)CCCCCCCCCCc2oc(CCC)c(C)c2C)o1. The highest BCUT2D eigenvalue weighted by molar-refractivity contribution is 5.70. The second-order valence-corrected chi connectivity index (χ2v) is 14.9. The van der Waals surface area contributed by atoms with E-state index in [4.69, 9.17) is 18.3 Å². The number of carbonyl (C=O) groups excluding carboxylic acids is 2. The molecule has 7 nitrogen and oxygen atoms in total. The van der Waals surface area contributed by atoms with Crippen molar-refractivity contribution in [1.82, 2.24) is 0 Å². The average molecular weight is 715 g/mol. The Balaban J connectivity index is 1.38. The van der Waals surface area contributed by atoms with Gasteiger partial charge >= 0.3 is 11.9 Å². The molecule has 0 spiro atoms. The largest absolute Gasteiger partial charge is 0.466 e. The third-order valence-electron chi connectivity index (χ3n) is 10.2. The van der Waals surface area contributed by atoms with Gasteiger partial charge in [-0.15, -0.1) is 0 Å². The fourth-order valence-corrected chi connectivity index (χ4v) is 6.79. The van der Waals surface area contributed by atoms with Crippen molar-refractivity contribution in [2.75, 3.05) is 13.2 Å². The number of rotatable bonds is 32. The molecule has 2 heterocycles. The minimum Gasteiger partial charge on any atom is -0.466 e. The van der Waals surface area contributed by atoms with Gasteiger partial charge in [0.2, 0.25) is 0 Å². The first-order valence-corrected chi connectivity index (χ1v) is 20.9. The van der Waals surface area contributed by atoms with Crippen LogP contribution >= 0.6 is 0 Å². The number of carbonyl (C=O) groups is 2. The molecule has 0 amide bonds. The first kappa shape index (κ1) is 44.6. The predicted molar refractivity (Wildman–Crippen MR) is 207 cm³/mol. The van der Waals surface area contributed by atoms with E-state index in [9.17, 15) is 14.7 Å². The Labute approximate surface area is 311 Å². The normalized spacial score (nSPS) is 12.0. The molecule has 0 aliphatic rings. The van der Waals surface area contributed by atoms with Crippen LogP contribution in [0.15, 0.2) is 14.9 Å². The molecule has 51 heavy (non-hydrogen) atoms. The lowest BCUT2D eigenvalue weighted by molar-refractivity contribution is -0.161. The van der Waals surface area contributed by atoms with E-state index in [-0.39, 0.29) is 25.2 Å². The van der Waals surface area contributed by atoms with Crippen molar-refractivity contribution < 1.29 is 33.0 Å². The van der Waals surface area contributed by atoms with E-state index < -0.39 is 6.10 Å². The minimum absolute atomic E-state index is 0.0856. The average Bonchev–Trinajstić information content (AvgIpc) is 3.60. The van der Waals surface area contributed by atoms with Gasteiger partial charge in [0.15, 0.2) is 6.10 Å². The molecule has 0 bridgehead atoms. The number of hydrogen-bond acceptors (Lipinski definition) is 7. The van der Waals surface area contributed by atoms with E-state index in [0.29, 0.717) is 12.8 Å². The summed E-state index contributed by atoms with van der Waals surface area (Å²) in [5.74, 6) is 4.03. The van der Waals surface area contributed by atoms with E-state index in [1.54, 1.807) is 0 Å². The number of esters is 2. The number of ether oxygens (including phenoxy) is 2. The van der Waals surface area contributed by atoms with Gasteiger partial charge in [-0.1, -0.05) is 104 Å². The molecule has 0 unspecified atom stereocenters. The standard InChI is InChI=1S/C44H74O7/c1-6-8-21-27-38-32-35(3)40(49-38)28-22-17-13-9-12-16-20-25-31-44(47)50-39(33-45)34-48-43(46)30-24-19-15-11-10-14-18-23-29-42-37(5)36(4)41(51-42)26-7-2/h32,39,45H,6-31,33-34H2,1-5H3/t39-/m0/s1. The van der Waals surface area contributed by atoms with E-state index >= 15 is 0 Å². The lowest BCUT2D eigenvalue weighted by atomic mass is 10.0. The molecule has 1 N–H and O–H groups in total. The quantitative estimate of drug-likeness (QED) is 0.0595. The highest BCUT2D eigenvalue weighted by Crippen LogP contribution is 2.25. The van der Waals surface area contributed by atoms with Crippen LogP contribution in [-0.2, 0) is 44.7 Å². The van der Waals surface area contributed by atoms with E-state index in [1.165, 1.54) is 112 Å². The van der Waals surface area contributed by atoms with Gasteiger partial charge in [-0.3, -0.25) is 9.59 Å². The summed E-state index contributed by atoms with van der Waals surface area (Å²) in [6, 6.07) is 2.22. The van der Waals surface area contributed by atoms with Crippen LogP contribution in [-0.4, -0.2) is 36.4 Å². The Hall–Kier alpha value is -2.54. The Morgan fingerprint density at radius 2 is 1.08 bits per heavy atom. The maximum atomic E-state index is 12.3. The van der Waals surface area contributed by atoms with Crippen LogP contribution in [0, 0.1) is 20.8 Å². The second-order valence-electron chi connectivity index (χ2n) is 14.9. The summed E-state index contributed by atoms with van der Waals surface area (Å²) in [7, 11) is 0. The van der Waals surface area contributed by atoms with Gasteiger partial charge in [-0.25, -0.2) is 0 Å². The fourth-order valence-electron chi connectivity index (χ4n) is 6.79. The molecule has 292 valence electrons. The number of hydrogen-bond donors (Lipinski definition) is 1. The summed E-state index contributed by atoms with van der Waals surface area (Å²) in [6.45, 7) is 10.5. The maximum absolute atomic E-state index is 12.3. The second kappa shape index (κ2) is 28.0. The number of unbranched alkanes of at least 4 members (excludes halogenated alkanes) is 16. The van der Waals surface area contributed by atoms with Crippen molar-refractivity contribution in [2.24, 2.45) is 0 Å². The van der Waals surface area contributed by atoms with Crippen molar-refractivity contribution in [1.29, 1.82) is 0 Å². The van der Waals surface area contributed by atoms with E-state index in [0.717, 1.165) is 82.1 Å². The van der Waals surface area contributed by atoms with Crippen LogP contribution in [0.2, 0.25) is 0 Å². The van der Waals surface area contributed by atoms with Gasteiger partial charge in [0.1, 0.15) is 29.6 Å². The number of aliphatic hydroxyl groups is 1. The fraction of sp³-hybridized carbons (Fsp3) is 0.773. The van der Waals surface area contributed by atoms with Crippen LogP contribution in [0.25, 0.3) is 0 Å². The van der Waals surface area contributed by atoms with E-state index in [1.807, 2.05) is 0 Å². The van der Waals surface area contributed by atoms with Crippen molar-refractivity contribution in [3.05, 3.63) is 45.8 Å². The topological polar surface area (TPSA) is 99.1 Å². The van der Waals surface area contributed by atoms with Gasteiger partial charge in [0, 0.05) is 38.5 Å². The smallest absolute Gasteiger partial charge is 0.306 e. The molecule has 2 aromatic rings. The molecule has 7 heteroatoms. The molecule has 2 rings (SSSR count). The molecular formula is C44H74O7. The molecule has 1 atom stereocenters. The van der Waals surface area contributed by atoms with Crippen LogP contribution in [0.1, 0.15) is 195 Å². The Morgan fingerprint density at radius 1 is 0.588 bits per heavy atom. The number of aryl methyl sites for hydroxylation is 5. The van der Waals surface area contributed by atoms with Crippen LogP contribution in [0.5, 0.6) is 0 Å². The molecule has 0 saturated carbocycles. The third-order valence-corrected chi connectivity index (χ3v) is 10.2. The van der Waals surface area contributed by atoms with Crippen LogP contribution < -0.4 is 0 Å². The molecule has 0 saturated heterocycles. The first-order chi connectivity index (χ1) is 24.8. The Kier molecular flexibility index (Phi) is 24.5. The summed E-state index contributed by atoms with van der Waals surface area (Å²) in [6.07, 6.45) is 26.7. The van der Waals surface area contributed by atoms with Gasteiger partial charge in [-0.05, 0) is 82.1 Å². The summed E-state index contributed by atoms with van der Waals surface area (Å²) in [5, 5.41) is 9.61. The van der Waals surface area contributed by atoms with Crippen LogP contribution in [0.3, 0.4) is 0 Å². The van der Waals surface area contributed by atoms with E-state index in [2.05, 4.69) is 40.7 Å². The maximum Gasteiger partial charge on any atom is 0.306 e. The third kappa shape index (κ3) is 19.8. The first-order valence-electron chi connectivity index (χ1n) is 20.9. The monoisotopic (exact) mass is 715 g/mol. The summed E-state index contributed by atoms with van der Waals surface area (Å²) >= 11 is 0. The lowest BCUT2D eigenvalue weighted by Gasteiger charge is -2.15. The zero-order valence-corrected chi connectivity index (χ0v) is 33.4. The number of furan rings is 2. The molecule has 0 fully saturated rings. The van der Waals surface area contributed by atoms with Crippen molar-refractivity contribution in [3.63, 3.8) is 0 Å². The Morgan fingerprint density at radius 3 is 1.63 bits per heavy atom. The van der Waals surface area contributed by atoms with Gasteiger partial charge in [0.05, 0.1) is 6.61 Å². The predicted octanol–water partition coefficient (Wildman–Crippen LogP) is 11.7. The van der Waals surface area contributed by atoms with Gasteiger partial charge in [-0.2, -0.15) is 0 Å². The van der Waals surface area contributed by atoms with Crippen molar-refractivity contribution in [2.45, 2.75) is 208 Å². The lowest BCUT2D eigenvalue weighted by Crippen LogP contribution is -2.28. The van der Waals surface area contributed by atoms with Crippen LogP contribution in [0.4, 0.5) is 0 Å². The highest BCUT2D eigenvalue weighted by Gasteiger charge is 2.16. The number of aliphatic hydroxyl groups excluding tert-OH is 1. The highest BCUT2D eigenvalue weighted by atomic mass is 16.6. The molecular weight excluding hydrogens is 640 g/mol. The van der Waals surface area contributed by atoms with Gasteiger partial charge in [0.25, 0.3) is 0 Å². The molecule has 0 aliphatic carbocycles.